The SMILES string of the molecule is CN(Cc1ccc(Cl)c(Cl)c1)C12CC(C3=N[C@@H]([N+](=O)NC4CC(C(F)F)C4)C(C)(C)N3)(C1)C2. The van der Waals surface area contributed by atoms with E-state index in [1.54, 1.807) is 0 Å². The van der Waals surface area contributed by atoms with Crippen molar-refractivity contribution in [2.24, 2.45) is 16.3 Å². The molecule has 6 nitrogen and oxygen atoms in total. The van der Waals surface area contributed by atoms with Crippen molar-refractivity contribution in [3.05, 3.63) is 38.7 Å². The minimum Gasteiger partial charge on any atom is -0.360 e. The van der Waals surface area contributed by atoms with E-state index in [1.165, 1.54) is 0 Å². The van der Waals surface area contributed by atoms with Crippen LogP contribution in [-0.2, 0) is 6.54 Å². The van der Waals surface area contributed by atoms with Crippen molar-refractivity contribution in [3.63, 3.8) is 0 Å². The third kappa shape index (κ3) is 3.82. The first-order chi connectivity index (χ1) is 15.4. The molecule has 0 spiro atoms. The zero-order chi connectivity index (χ0) is 23.8. The van der Waals surface area contributed by atoms with Crippen molar-refractivity contribution in [2.75, 3.05) is 7.05 Å². The lowest BCUT2D eigenvalue weighted by atomic mass is 9.38. The van der Waals surface area contributed by atoms with Gasteiger partial charge in [-0.1, -0.05) is 29.3 Å². The van der Waals surface area contributed by atoms with Crippen LogP contribution < -0.4 is 10.7 Å². The van der Waals surface area contributed by atoms with Crippen LogP contribution >= 0.6 is 23.2 Å². The molecule has 4 aliphatic carbocycles. The van der Waals surface area contributed by atoms with Crippen LogP contribution in [0.1, 0.15) is 51.5 Å². The average molecular weight is 501 g/mol. The van der Waals surface area contributed by atoms with Gasteiger partial charge in [0, 0.05) is 23.4 Å². The van der Waals surface area contributed by atoms with E-state index in [0.717, 1.165) is 42.1 Å². The van der Waals surface area contributed by atoms with Crippen LogP contribution in [0.25, 0.3) is 0 Å². The number of hydrazine groups is 1. The maximum atomic E-state index is 12.8. The highest BCUT2D eigenvalue weighted by Gasteiger charge is 2.73. The van der Waals surface area contributed by atoms with Crippen molar-refractivity contribution in [1.29, 1.82) is 0 Å². The molecule has 6 rings (SSSR count). The number of nitrogens with one attached hydrogen (secondary N) is 2. The highest BCUT2D eigenvalue weighted by Crippen LogP contribution is 2.70. The summed E-state index contributed by atoms with van der Waals surface area (Å²) in [7, 11) is 2.14. The molecule has 1 heterocycles. The number of alkyl halides is 2. The summed E-state index contributed by atoms with van der Waals surface area (Å²) >= 11 is 12.2. The van der Waals surface area contributed by atoms with Crippen LogP contribution in [0.15, 0.2) is 23.2 Å². The van der Waals surface area contributed by atoms with E-state index < -0.39 is 24.0 Å². The maximum Gasteiger partial charge on any atom is 0.348 e. The largest absolute Gasteiger partial charge is 0.360 e. The van der Waals surface area contributed by atoms with E-state index >= 15 is 0 Å². The van der Waals surface area contributed by atoms with Crippen molar-refractivity contribution in [3.8, 4) is 0 Å². The summed E-state index contributed by atoms with van der Waals surface area (Å²) in [5, 5.41) is 4.62. The van der Waals surface area contributed by atoms with Gasteiger partial charge in [-0.3, -0.25) is 4.90 Å². The Hall–Kier alpha value is -1.51. The molecule has 4 fully saturated rings. The smallest absolute Gasteiger partial charge is 0.348 e. The molecule has 180 valence electrons. The normalized spacial score (nSPS) is 35.9. The molecule has 0 amide bonds. The fourth-order valence-corrected chi connectivity index (χ4v) is 6.31. The number of hydrogen-bond acceptors (Lipinski definition) is 4. The number of nitrogens with zero attached hydrogens (tertiary/aromatic N) is 3. The zero-order valence-corrected chi connectivity index (χ0v) is 20.6. The van der Waals surface area contributed by atoms with Crippen molar-refractivity contribution in [1.82, 2.24) is 15.6 Å². The molecule has 33 heavy (non-hydrogen) atoms. The molecule has 0 unspecified atom stereocenters. The van der Waals surface area contributed by atoms with Gasteiger partial charge in [0.15, 0.2) is 0 Å². The molecule has 1 atom stereocenters. The maximum absolute atomic E-state index is 12.8. The van der Waals surface area contributed by atoms with Gasteiger partial charge < -0.3 is 5.32 Å². The summed E-state index contributed by atoms with van der Waals surface area (Å²) in [5.74, 6) is 0.298. The van der Waals surface area contributed by atoms with Crippen LogP contribution in [0.5, 0.6) is 0 Å². The van der Waals surface area contributed by atoms with E-state index in [4.69, 9.17) is 28.2 Å². The van der Waals surface area contributed by atoms with E-state index in [1.807, 2.05) is 32.0 Å². The number of hydrogen-bond donors (Lipinski definition) is 2. The van der Waals surface area contributed by atoms with Gasteiger partial charge in [0.05, 0.1) is 21.0 Å². The second kappa shape index (κ2) is 7.75. The van der Waals surface area contributed by atoms with Gasteiger partial charge in [0.25, 0.3) is 0 Å². The first-order valence-corrected chi connectivity index (χ1v) is 12.2. The van der Waals surface area contributed by atoms with Crippen molar-refractivity contribution < 1.29 is 13.6 Å². The molecule has 0 aromatic heterocycles. The molecular weight excluding hydrogens is 471 g/mol. The second-order valence-corrected chi connectivity index (χ2v) is 11.9. The van der Waals surface area contributed by atoms with Crippen molar-refractivity contribution >= 4 is 29.0 Å². The summed E-state index contributed by atoms with van der Waals surface area (Å²) in [6.45, 7) is 4.71. The van der Waals surface area contributed by atoms with Gasteiger partial charge in [-0.05, 0) is 70.7 Å². The topological polar surface area (TPSA) is 59.7 Å². The Morgan fingerprint density at radius 2 is 1.91 bits per heavy atom. The molecule has 2 bridgehead atoms. The molecule has 0 saturated heterocycles. The van der Waals surface area contributed by atoms with Gasteiger partial charge in [-0.15, -0.1) is 5.43 Å². The van der Waals surface area contributed by atoms with E-state index in [9.17, 15) is 13.7 Å². The summed E-state index contributed by atoms with van der Waals surface area (Å²) in [4.78, 5) is 20.7. The van der Waals surface area contributed by atoms with Gasteiger partial charge in [0.2, 0.25) is 6.43 Å². The predicted octanol–water partition coefficient (Wildman–Crippen LogP) is 4.78. The first kappa shape index (κ1) is 23.2. The summed E-state index contributed by atoms with van der Waals surface area (Å²) in [5.41, 5.74) is 3.58. The van der Waals surface area contributed by atoms with Crippen LogP contribution in [0, 0.1) is 16.2 Å². The monoisotopic (exact) mass is 500 g/mol. The Balaban J connectivity index is 1.19. The van der Waals surface area contributed by atoms with Gasteiger partial charge in [0.1, 0.15) is 16.2 Å². The van der Waals surface area contributed by atoms with Crippen LogP contribution in [0.2, 0.25) is 10.0 Å². The Kier molecular flexibility index (Phi) is 5.46. The highest BCUT2D eigenvalue weighted by molar-refractivity contribution is 6.42. The minimum atomic E-state index is -2.32. The molecule has 2 N–H and O–H groups in total. The number of aliphatic imine (C=N–C) groups is 1. The summed E-state index contributed by atoms with van der Waals surface area (Å²) in [6.07, 6.45) is 0.698. The molecule has 1 aromatic carbocycles. The predicted molar refractivity (Wildman–Crippen MR) is 125 cm³/mol. The molecule has 5 aliphatic rings. The van der Waals surface area contributed by atoms with Gasteiger partial charge in [-0.25, -0.2) is 8.78 Å². The third-order valence-electron chi connectivity index (χ3n) is 8.12. The zero-order valence-electron chi connectivity index (χ0n) is 19.0. The van der Waals surface area contributed by atoms with Crippen LogP contribution in [0.3, 0.4) is 0 Å². The lowest BCUT2D eigenvalue weighted by Gasteiger charge is -2.73. The standard InChI is InChI=1S/C23H30Cl2F2N5O/c1-21(2)20(32(33)30-15-7-14(8-15)18(26)27)28-19(29-21)22-10-23(11-22,12-22)31(3)9-13-4-5-16(24)17(25)6-13/h4-6,14-15,18,20H,7-12H2,1-3H3,(H,28,29)(H,30,33)/q+1/t14?,15?,20-,22?,23?/m0/s1. The summed E-state index contributed by atoms with van der Waals surface area (Å²) in [6, 6.07) is 5.54. The lowest BCUT2D eigenvalue weighted by Crippen LogP contribution is -2.77. The average Bonchev–Trinajstić information content (AvgIpc) is 2.93. The van der Waals surface area contributed by atoms with Gasteiger partial charge in [-0.2, -0.15) is 4.99 Å². The summed E-state index contributed by atoms with van der Waals surface area (Å²) < 4.78 is 25.4. The second-order valence-electron chi connectivity index (χ2n) is 11.1. The highest BCUT2D eigenvalue weighted by atomic mass is 35.5. The molecule has 4 saturated carbocycles. The number of halogens is 4. The Morgan fingerprint density at radius 1 is 1.24 bits per heavy atom. The number of rotatable bonds is 8. The van der Waals surface area contributed by atoms with Crippen LogP contribution in [0.4, 0.5) is 8.78 Å². The number of benzene rings is 1. The molecule has 1 aromatic rings. The quantitative estimate of drug-likeness (QED) is 0.398. The van der Waals surface area contributed by atoms with Crippen molar-refractivity contribution in [2.45, 2.75) is 82.2 Å². The molecule has 0 radical (unpaired) electrons. The third-order valence-corrected chi connectivity index (χ3v) is 8.86. The first-order valence-electron chi connectivity index (χ1n) is 11.5. The number of amidine groups is 1. The number of nitroso groups, excluding NO2 is 1. The Labute approximate surface area is 202 Å². The fourth-order valence-electron chi connectivity index (χ4n) is 5.99. The Morgan fingerprint density at radius 3 is 2.52 bits per heavy atom. The van der Waals surface area contributed by atoms with E-state index in [-0.39, 0.29) is 17.0 Å². The lowest BCUT2D eigenvalue weighted by molar-refractivity contribution is -0.653. The fraction of sp³-hybridized carbons (Fsp3) is 0.696. The van der Waals surface area contributed by atoms with Crippen LogP contribution in [-0.4, -0.2) is 52.4 Å². The molecule has 1 aliphatic heterocycles. The Bertz CT molecular complexity index is 991. The van der Waals surface area contributed by atoms with E-state index in [2.05, 4.69) is 22.7 Å². The molecular formula is C23H30Cl2F2N5O+. The van der Waals surface area contributed by atoms with E-state index in [0.29, 0.717) is 22.9 Å². The van der Waals surface area contributed by atoms with Gasteiger partial charge >= 0.3 is 6.17 Å². The molecule has 10 heteroatoms. The minimum absolute atomic E-state index is 0.00397.